The van der Waals surface area contributed by atoms with E-state index in [1.54, 1.807) is 30.3 Å². The predicted molar refractivity (Wildman–Crippen MR) is 120 cm³/mol. The lowest BCUT2D eigenvalue weighted by molar-refractivity contribution is -0.268. The number of hydrogen-bond acceptors (Lipinski definition) is 4. The van der Waals surface area contributed by atoms with Crippen LogP contribution in [0.4, 0.5) is 5.69 Å². The average Bonchev–Trinajstić information content (AvgIpc) is 2.71. The van der Waals surface area contributed by atoms with Crippen molar-refractivity contribution in [1.82, 2.24) is 0 Å². The van der Waals surface area contributed by atoms with E-state index in [4.69, 9.17) is 4.74 Å². The van der Waals surface area contributed by atoms with Gasteiger partial charge in [0.25, 0.3) is 0 Å². The molecule has 1 N–H and O–H groups in total. The van der Waals surface area contributed by atoms with Gasteiger partial charge in [0.1, 0.15) is 11.5 Å². The summed E-state index contributed by atoms with van der Waals surface area (Å²) in [6.07, 6.45) is 14.4. The third kappa shape index (κ3) is 9.51. The molecule has 0 aromatic heterocycles. The highest BCUT2D eigenvalue weighted by Gasteiger charge is 1.98. The van der Waals surface area contributed by atoms with Crippen LogP contribution in [0.1, 0.15) is 78.1 Å². The van der Waals surface area contributed by atoms with E-state index in [1.807, 2.05) is 6.07 Å². The molecule has 4 heteroatoms. The molecule has 0 radical (unpaired) electrons. The molecule has 0 saturated carbocycles. The number of aliphatic imine (C=N–C) groups is 1. The van der Waals surface area contributed by atoms with Gasteiger partial charge in [0.2, 0.25) is 0 Å². The normalized spacial score (nSPS) is 11.2. The molecule has 0 heterocycles. The standard InChI is InChI=1S/C25H35NO3/c1-2-3-4-5-6-7-8-9-10-11-17-29-24-16-15-21(25(28)19-24)20-26-22-13-12-14-23(27)18-22/h12-16,18-20,27-28H,2-11,17H2,1H3. The first kappa shape index (κ1) is 22.8. The summed E-state index contributed by atoms with van der Waals surface area (Å²) < 4.78 is 5.71. The molecule has 2 rings (SSSR count). The van der Waals surface area contributed by atoms with E-state index >= 15 is 0 Å². The Morgan fingerprint density at radius 2 is 1.62 bits per heavy atom. The predicted octanol–water partition coefficient (Wildman–Crippen LogP) is 6.63. The van der Waals surface area contributed by atoms with Gasteiger partial charge in [-0.1, -0.05) is 82.6 Å². The number of phenols is 1. The van der Waals surface area contributed by atoms with E-state index in [0.29, 0.717) is 23.6 Å². The molecule has 0 bridgehead atoms. The zero-order chi connectivity index (χ0) is 20.7. The first-order valence-corrected chi connectivity index (χ1v) is 11.0. The van der Waals surface area contributed by atoms with Crippen LogP contribution < -0.4 is 9.84 Å². The van der Waals surface area contributed by atoms with Gasteiger partial charge in [0.15, 0.2) is 0 Å². The Balaban J connectivity index is 0.00000450. The van der Waals surface area contributed by atoms with Gasteiger partial charge in [0, 0.05) is 12.3 Å². The fourth-order valence-corrected chi connectivity index (χ4v) is 3.21. The summed E-state index contributed by atoms with van der Waals surface area (Å²) in [5.41, 5.74) is 1.10. The average molecular weight is 398 g/mol. The lowest BCUT2D eigenvalue weighted by atomic mass is 10.1. The fraction of sp³-hybridized carbons (Fsp3) is 0.480. The maximum atomic E-state index is 12.2. The van der Waals surface area contributed by atoms with Gasteiger partial charge in [-0.25, -0.2) is 0 Å². The molecular formula is C25H35NO3. The van der Waals surface area contributed by atoms with Gasteiger partial charge < -0.3 is 14.9 Å². The first-order chi connectivity index (χ1) is 14.2. The number of nitrogens with zero attached hydrogens (tertiary/aromatic N) is 1. The highest BCUT2D eigenvalue weighted by molar-refractivity contribution is 5.85. The Hall–Kier alpha value is -2.49. The van der Waals surface area contributed by atoms with Gasteiger partial charge in [-0.2, -0.15) is 0 Å². The summed E-state index contributed by atoms with van der Waals surface area (Å²) in [6, 6.07) is 11.7. The zero-order valence-corrected chi connectivity index (χ0v) is 17.6. The van der Waals surface area contributed by atoms with E-state index in [-0.39, 0.29) is 12.9 Å². The first-order valence-electron chi connectivity index (χ1n) is 11.0. The molecule has 0 amide bonds. The molecule has 0 atom stereocenters. The zero-order valence-electron chi connectivity index (χ0n) is 18.6. The molecule has 0 aliphatic heterocycles. The van der Waals surface area contributed by atoms with Gasteiger partial charge in [-0.15, -0.1) is 0 Å². The molecule has 0 aliphatic carbocycles. The summed E-state index contributed by atoms with van der Waals surface area (Å²) in [7, 11) is 0. The van der Waals surface area contributed by atoms with Crippen molar-refractivity contribution < 1.29 is 16.4 Å². The largest absolute Gasteiger partial charge is 1.00 e. The van der Waals surface area contributed by atoms with Crippen LogP contribution in [0.25, 0.3) is 0 Å². The number of phenolic OH excluding ortho intramolecular Hbond substituents is 1. The minimum absolute atomic E-state index is 0. The third-order valence-electron chi connectivity index (χ3n) is 4.93. The number of aromatic hydroxyl groups is 1. The second kappa shape index (κ2) is 13.6. The van der Waals surface area contributed by atoms with Crippen LogP contribution in [-0.4, -0.2) is 17.9 Å². The Labute approximate surface area is 176 Å². The SMILES string of the molecule is CCCCCCCCCCCCOc1ccc(C=Nc2cccc(O)c2)c([O-])c1.[H+]. The minimum Gasteiger partial charge on any atom is -0.872 e. The smallest absolute Gasteiger partial charge is 0.872 e. The Bertz CT molecular complexity index is 749. The lowest BCUT2D eigenvalue weighted by Crippen LogP contribution is -2.00. The van der Waals surface area contributed by atoms with E-state index in [1.165, 1.54) is 70.1 Å². The molecule has 0 spiro atoms. The summed E-state index contributed by atoms with van der Waals surface area (Å²) in [4.78, 5) is 4.23. The third-order valence-corrected chi connectivity index (χ3v) is 4.93. The molecule has 0 fully saturated rings. The van der Waals surface area contributed by atoms with Crippen LogP contribution in [0.5, 0.6) is 17.2 Å². The van der Waals surface area contributed by atoms with Crippen LogP contribution in [0.3, 0.4) is 0 Å². The molecule has 0 unspecified atom stereocenters. The number of ether oxygens (including phenoxy) is 1. The van der Waals surface area contributed by atoms with Crippen LogP contribution >= 0.6 is 0 Å². The maximum absolute atomic E-state index is 12.2. The van der Waals surface area contributed by atoms with Crippen molar-refractivity contribution >= 4 is 11.9 Å². The van der Waals surface area contributed by atoms with Crippen molar-refractivity contribution in [1.29, 1.82) is 0 Å². The highest BCUT2D eigenvalue weighted by atomic mass is 16.5. The van der Waals surface area contributed by atoms with E-state index < -0.39 is 0 Å². The van der Waals surface area contributed by atoms with Crippen molar-refractivity contribution in [2.24, 2.45) is 4.99 Å². The van der Waals surface area contributed by atoms with Crippen LogP contribution in [-0.2, 0) is 0 Å². The highest BCUT2D eigenvalue weighted by Crippen LogP contribution is 2.22. The number of rotatable bonds is 14. The van der Waals surface area contributed by atoms with Crippen molar-refractivity contribution in [3.8, 4) is 17.2 Å². The molecular weight excluding hydrogens is 362 g/mol. The molecule has 2 aromatic rings. The minimum atomic E-state index is -0.116. The van der Waals surface area contributed by atoms with E-state index in [2.05, 4.69) is 11.9 Å². The summed E-state index contributed by atoms with van der Waals surface area (Å²) in [5, 5.41) is 21.7. The fourth-order valence-electron chi connectivity index (χ4n) is 3.21. The monoisotopic (exact) mass is 397 g/mol. The maximum Gasteiger partial charge on any atom is 1.00 e. The number of hydrogen-bond donors (Lipinski definition) is 1. The van der Waals surface area contributed by atoms with Gasteiger partial charge in [-0.3, -0.25) is 4.99 Å². The number of benzene rings is 2. The molecule has 158 valence electrons. The summed E-state index contributed by atoms with van der Waals surface area (Å²) >= 11 is 0. The summed E-state index contributed by atoms with van der Waals surface area (Å²) in [6.45, 7) is 2.90. The van der Waals surface area contributed by atoms with Crippen molar-refractivity contribution in [2.75, 3.05) is 6.61 Å². The Kier molecular flexibility index (Phi) is 10.7. The van der Waals surface area contributed by atoms with E-state index in [9.17, 15) is 10.2 Å². The van der Waals surface area contributed by atoms with Gasteiger partial charge >= 0.3 is 1.43 Å². The quantitative estimate of drug-likeness (QED) is 0.287. The van der Waals surface area contributed by atoms with Gasteiger partial charge in [-0.05, 0) is 36.2 Å². The Morgan fingerprint density at radius 3 is 2.28 bits per heavy atom. The summed E-state index contributed by atoms with van der Waals surface area (Å²) in [5.74, 6) is 0.646. The second-order valence-corrected chi connectivity index (χ2v) is 7.51. The van der Waals surface area contributed by atoms with Crippen LogP contribution in [0, 0.1) is 0 Å². The topological polar surface area (TPSA) is 64.9 Å². The van der Waals surface area contributed by atoms with Crippen molar-refractivity contribution in [2.45, 2.75) is 71.1 Å². The van der Waals surface area contributed by atoms with Crippen molar-refractivity contribution in [3.63, 3.8) is 0 Å². The lowest BCUT2D eigenvalue weighted by Gasteiger charge is -2.13. The van der Waals surface area contributed by atoms with E-state index in [0.717, 1.165) is 6.42 Å². The van der Waals surface area contributed by atoms with Crippen LogP contribution in [0.15, 0.2) is 47.5 Å². The molecule has 0 saturated heterocycles. The molecule has 2 aromatic carbocycles. The number of unbranched alkanes of at least 4 members (excludes halogenated alkanes) is 9. The molecule has 29 heavy (non-hydrogen) atoms. The Morgan fingerprint density at radius 1 is 0.931 bits per heavy atom. The van der Waals surface area contributed by atoms with Crippen LogP contribution in [0.2, 0.25) is 0 Å². The second-order valence-electron chi connectivity index (χ2n) is 7.51. The van der Waals surface area contributed by atoms with Gasteiger partial charge in [0.05, 0.1) is 12.3 Å². The molecule has 4 nitrogen and oxygen atoms in total. The molecule has 0 aliphatic rings. The van der Waals surface area contributed by atoms with Crippen molar-refractivity contribution in [3.05, 3.63) is 48.0 Å².